The van der Waals surface area contributed by atoms with E-state index in [1.54, 1.807) is 18.3 Å². The summed E-state index contributed by atoms with van der Waals surface area (Å²) >= 11 is 0. The maximum atomic E-state index is 11.9. The number of carbonyl (C=O) groups is 1. The molecular weight excluding hydrogens is 254 g/mol. The molecule has 2 saturated heterocycles. The SMILES string of the molecule is COC(=O)c1cccnc1N1CC2CNCC2C1(C)C. The van der Waals surface area contributed by atoms with Crippen LogP contribution in [0.5, 0.6) is 0 Å². The van der Waals surface area contributed by atoms with Crippen LogP contribution >= 0.6 is 0 Å². The van der Waals surface area contributed by atoms with E-state index in [0.717, 1.165) is 25.5 Å². The molecule has 0 aliphatic carbocycles. The first kappa shape index (κ1) is 13.4. The van der Waals surface area contributed by atoms with E-state index in [9.17, 15) is 4.79 Å². The van der Waals surface area contributed by atoms with E-state index >= 15 is 0 Å². The molecule has 0 aromatic carbocycles. The Labute approximate surface area is 119 Å². The number of nitrogens with zero attached hydrogens (tertiary/aromatic N) is 2. The van der Waals surface area contributed by atoms with Gasteiger partial charge in [-0.3, -0.25) is 0 Å². The Kier molecular flexibility index (Phi) is 3.17. The van der Waals surface area contributed by atoms with Gasteiger partial charge >= 0.3 is 5.97 Å². The molecule has 0 radical (unpaired) electrons. The summed E-state index contributed by atoms with van der Waals surface area (Å²) in [6, 6.07) is 3.57. The Balaban J connectivity index is 2.00. The summed E-state index contributed by atoms with van der Waals surface area (Å²) in [6.45, 7) is 7.49. The van der Waals surface area contributed by atoms with Crippen molar-refractivity contribution >= 4 is 11.8 Å². The highest BCUT2D eigenvalue weighted by Crippen LogP contribution is 2.43. The van der Waals surface area contributed by atoms with Gasteiger partial charge in [0.1, 0.15) is 11.4 Å². The minimum Gasteiger partial charge on any atom is -0.465 e. The van der Waals surface area contributed by atoms with Gasteiger partial charge in [0.05, 0.1) is 7.11 Å². The van der Waals surface area contributed by atoms with Crippen LogP contribution in [0.3, 0.4) is 0 Å². The smallest absolute Gasteiger partial charge is 0.341 e. The standard InChI is InChI=1S/C15H21N3O2/c1-15(2)12-8-16-7-10(12)9-18(15)13-11(14(19)20-3)5-4-6-17-13/h4-6,10,12,16H,7-9H2,1-3H3. The lowest BCUT2D eigenvalue weighted by Gasteiger charge is -2.37. The quantitative estimate of drug-likeness (QED) is 0.825. The highest BCUT2D eigenvalue weighted by Gasteiger charge is 2.50. The van der Waals surface area contributed by atoms with E-state index in [2.05, 4.69) is 29.0 Å². The van der Waals surface area contributed by atoms with Crippen LogP contribution < -0.4 is 10.2 Å². The lowest BCUT2D eigenvalue weighted by molar-refractivity contribution is 0.0601. The predicted molar refractivity (Wildman–Crippen MR) is 76.9 cm³/mol. The molecule has 2 unspecified atom stereocenters. The summed E-state index contributed by atoms with van der Waals surface area (Å²) in [6.07, 6.45) is 1.74. The molecule has 108 valence electrons. The molecule has 0 spiro atoms. The van der Waals surface area contributed by atoms with Gasteiger partial charge in [-0.05, 0) is 37.8 Å². The van der Waals surface area contributed by atoms with E-state index in [-0.39, 0.29) is 11.5 Å². The molecule has 2 aliphatic heterocycles. The minimum absolute atomic E-state index is 0.00864. The van der Waals surface area contributed by atoms with Crippen LogP contribution in [-0.4, -0.2) is 43.2 Å². The third-order valence-electron chi connectivity index (χ3n) is 4.81. The molecule has 1 N–H and O–H groups in total. The lowest BCUT2D eigenvalue weighted by Crippen LogP contribution is -2.45. The maximum absolute atomic E-state index is 11.9. The molecule has 20 heavy (non-hydrogen) atoms. The number of aromatic nitrogens is 1. The minimum atomic E-state index is -0.320. The Hall–Kier alpha value is -1.62. The Morgan fingerprint density at radius 2 is 2.30 bits per heavy atom. The Bertz CT molecular complexity index is 530. The topological polar surface area (TPSA) is 54.5 Å². The Morgan fingerprint density at radius 1 is 1.50 bits per heavy atom. The van der Waals surface area contributed by atoms with E-state index in [0.29, 0.717) is 17.4 Å². The number of esters is 1. The molecule has 0 amide bonds. The van der Waals surface area contributed by atoms with Gasteiger partial charge in [0.2, 0.25) is 0 Å². The van der Waals surface area contributed by atoms with Gasteiger partial charge in [0.15, 0.2) is 0 Å². The van der Waals surface area contributed by atoms with Crippen molar-refractivity contribution in [1.29, 1.82) is 0 Å². The van der Waals surface area contributed by atoms with Crippen molar-refractivity contribution in [3.05, 3.63) is 23.9 Å². The fraction of sp³-hybridized carbons (Fsp3) is 0.600. The molecule has 3 heterocycles. The second kappa shape index (κ2) is 4.74. The van der Waals surface area contributed by atoms with Gasteiger partial charge in [-0.2, -0.15) is 0 Å². The van der Waals surface area contributed by atoms with Crippen molar-refractivity contribution in [3.8, 4) is 0 Å². The number of ether oxygens (including phenoxy) is 1. The third kappa shape index (κ3) is 1.88. The highest BCUT2D eigenvalue weighted by atomic mass is 16.5. The molecule has 5 heteroatoms. The molecule has 0 saturated carbocycles. The first-order valence-electron chi connectivity index (χ1n) is 7.07. The zero-order valence-electron chi connectivity index (χ0n) is 12.2. The molecule has 1 aromatic heterocycles. The van der Waals surface area contributed by atoms with Gasteiger partial charge < -0.3 is 15.0 Å². The summed E-state index contributed by atoms with van der Waals surface area (Å²) in [4.78, 5) is 18.7. The van der Waals surface area contributed by atoms with E-state index < -0.39 is 0 Å². The van der Waals surface area contributed by atoms with Crippen LogP contribution in [0, 0.1) is 11.8 Å². The number of anilines is 1. The van der Waals surface area contributed by atoms with Crippen molar-refractivity contribution in [2.24, 2.45) is 11.8 Å². The largest absolute Gasteiger partial charge is 0.465 e. The first-order chi connectivity index (χ1) is 9.55. The summed E-state index contributed by atoms with van der Waals surface area (Å²) in [5.41, 5.74) is 0.543. The monoisotopic (exact) mass is 275 g/mol. The lowest BCUT2D eigenvalue weighted by atomic mass is 9.85. The van der Waals surface area contributed by atoms with Gasteiger partial charge in [-0.15, -0.1) is 0 Å². The summed E-state index contributed by atoms with van der Waals surface area (Å²) in [7, 11) is 1.41. The average Bonchev–Trinajstić information content (AvgIpc) is 3.00. The number of pyridine rings is 1. The predicted octanol–water partition coefficient (Wildman–Crippen LogP) is 1.30. The molecule has 3 rings (SSSR count). The van der Waals surface area contributed by atoms with Crippen LogP contribution in [0.4, 0.5) is 5.82 Å². The van der Waals surface area contributed by atoms with Gasteiger partial charge in [-0.25, -0.2) is 9.78 Å². The second-order valence-electron chi connectivity index (χ2n) is 6.16. The average molecular weight is 275 g/mol. The second-order valence-corrected chi connectivity index (χ2v) is 6.16. The van der Waals surface area contributed by atoms with Crippen molar-refractivity contribution in [3.63, 3.8) is 0 Å². The number of carbonyl (C=O) groups excluding carboxylic acids is 1. The first-order valence-corrected chi connectivity index (χ1v) is 7.07. The molecule has 0 bridgehead atoms. The highest BCUT2D eigenvalue weighted by molar-refractivity contribution is 5.94. The summed E-state index contributed by atoms with van der Waals surface area (Å²) < 4.78 is 4.88. The van der Waals surface area contributed by atoms with Gasteiger partial charge in [0.25, 0.3) is 0 Å². The van der Waals surface area contributed by atoms with Crippen LogP contribution in [-0.2, 0) is 4.74 Å². The van der Waals surface area contributed by atoms with Gasteiger partial charge in [0, 0.05) is 31.4 Å². The maximum Gasteiger partial charge on any atom is 0.341 e. The molecule has 2 atom stereocenters. The molecule has 1 aromatic rings. The van der Waals surface area contributed by atoms with Crippen molar-refractivity contribution in [2.45, 2.75) is 19.4 Å². The third-order valence-corrected chi connectivity index (χ3v) is 4.81. The van der Waals surface area contributed by atoms with Crippen LogP contribution in [0.15, 0.2) is 18.3 Å². The number of hydrogen-bond donors (Lipinski definition) is 1. The molecular formula is C15H21N3O2. The van der Waals surface area contributed by atoms with Crippen molar-refractivity contribution in [1.82, 2.24) is 10.3 Å². The number of fused-ring (bicyclic) bond motifs is 1. The van der Waals surface area contributed by atoms with Gasteiger partial charge in [-0.1, -0.05) is 0 Å². The van der Waals surface area contributed by atoms with Crippen molar-refractivity contribution < 1.29 is 9.53 Å². The van der Waals surface area contributed by atoms with Crippen molar-refractivity contribution in [2.75, 3.05) is 31.6 Å². The number of methoxy groups -OCH3 is 1. The van der Waals surface area contributed by atoms with E-state index in [1.165, 1.54) is 7.11 Å². The van der Waals surface area contributed by atoms with Crippen LogP contribution in [0.1, 0.15) is 24.2 Å². The van der Waals surface area contributed by atoms with E-state index in [4.69, 9.17) is 4.74 Å². The summed E-state index contributed by atoms with van der Waals surface area (Å²) in [5, 5.41) is 3.46. The van der Waals surface area contributed by atoms with Crippen LogP contribution in [0.25, 0.3) is 0 Å². The Morgan fingerprint density at radius 3 is 3.00 bits per heavy atom. The zero-order chi connectivity index (χ0) is 14.3. The fourth-order valence-corrected chi connectivity index (χ4v) is 3.66. The number of rotatable bonds is 2. The number of nitrogens with one attached hydrogen (secondary N) is 1. The molecule has 2 fully saturated rings. The normalized spacial score (nSPS) is 27.4. The molecule has 5 nitrogen and oxygen atoms in total. The van der Waals surface area contributed by atoms with Crippen LogP contribution in [0.2, 0.25) is 0 Å². The summed E-state index contributed by atoms with van der Waals surface area (Å²) in [5.74, 6) is 1.64. The zero-order valence-corrected chi connectivity index (χ0v) is 12.2. The van der Waals surface area contributed by atoms with E-state index in [1.807, 2.05) is 0 Å². The molecule has 2 aliphatic rings. The fourth-order valence-electron chi connectivity index (χ4n) is 3.66. The number of hydrogen-bond acceptors (Lipinski definition) is 5.